The molecule has 2 fully saturated rings. The summed E-state index contributed by atoms with van der Waals surface area (Å²) in [7, 11) is 0. The Morgan fingerprint density at radius 2 is 1.37 bits per heavy atom. The molecule has 2 saturated heterocycles. The summed E-state index contributed by atoms with van der Waals surface area (Å²) in [5.41, 5.74) is 2.57. The van der Waals surface area contributed by atoms with Crippen LogP contribution in [0, 0.1) is 5.92 Å². The van der Waals surface area contributed by atoms with E-state index in [0.29, 0.717) is 6.54 Å². The molecule has 5 heteroatoms. The largest absolute Gasteiger partial charge is 0.342 e. The van der Waals surface area contributed by atoms with E-state index in [9.17, 15) is 9.59 Å². The average molecular weight is 406 g/mol. The lowest BCUT2D eigenvalue weighted by molar-refractivity contribution is -0.141. The first kappa shape index (κ1) is 20.6. The molecule has 0 aliphatic carbocycles. The third-order valence-corrected chi connectivity index (χ3v) is 6.44. The van der Waals surface area contributed by atoms with Crippen LogP contribution in [0.3, 0.4) is 0 Å². The van der Waals surface area contributed by atoms with Crippen LogP contribution in [-0.2, 0) is 9.59 Å². The zero-order valence-electron chi connectivity index (χ0n) is 17.7. The van der Waals surface area contributed by atoms with Crippen LogP contribution in [0.2, 0.25) is 0 Å². The summed E-state index contributed by atoms with van der Waals surface area (Å²) in [6.07, 6.45) is 1.81. The predicted octanol–water partition coefficient (Wildman–Crippen LogP) is 3.18. The van der Waals surface area contributed by atoms with Crippen LogP contribution in [0.25, 0.3) is 0 Å². The Morgan fingerprint density at radius 3 is 1.90 bits per heavy atom. The van der Waals surface area contributed by atoms with E-state index in [2.05, 4.69) is 65.6 Å². The Labute approximate surface area is 179 Å². The molecule has 0 radical (unpaired) electrons. The Bertz CT molecular complexity index is 808. The second-order valence-corrected chi connectivity index (χ2v) is 8.39. The Kier molecular flexibility index (Phi) is 6.48. The zero-order chi connectivity index (χ0) is 20.9. The maximum Gasteiger partial charge on any atom is 0.227 e. The molecule has 2 aliphatic heterocycles. The summed E-state index contributed by atoms with van der Waals surface area (Å²) in [5.74, 6) is 0.246. The second-order valence-electron chi connectivity index (χ2n) is 8.39. The van der Waals surface area contributed by atoms with E-state index in [-0.39, 0.29) is 23.8 Å². The fourth-order valence-corrected chi connectivity index (χ4v) is 4.81. The van der Waals surface area contributed by atoms with E-state index in [1.807, 2.05) is 9.80 Å². The van der Waals surface area contributed by atoms with Gasteiger partial charge in [0.1, 0.15) is 0 Å². The van der Waals surface area contributed by atoms with Crippen LogP contribution in [0.15, 0.2) is 60.7 Å². The SMILES string of the molecule is CC(=O)N1CCC[C@H](C(=O)N2CCN(C(c3ccccc3)c3ccccc3)CC2)C1. The number of likely N-dealkylation sites (tertiary alicyclic amines) is 1. The van der Waals surface area contributed by atoms with Gasteiger partial charge in [-0.2, -0.15) is 0 Å². The quantitative estimate of drug-likeness (QED) is 0.785. The number of carbonyl (C=O) groups is 2. The van der Waals surface area contributed by atoms with Gasteiger partial charge in [-0.05, 0) is 24.0 Å². The minimum absolute atomic E-state index is 0.0479. The highest BCUT2D eigenvalue weighted by Crippen LogP contribution is 2.30. The van der Waals surface area contributed by atoms with Crippen molar-refractivity contribution in [1.29, 1.82) is 0 Å². The normalized spacial score (nSPS) is 20.4. The smallest absolute Gasteiger partial charge is 0.227 e. The molecule has 2 aromatic rings. The number of piperazine rings is 1. The van der Waals surface area contributed by atoms with E-state index >= 15 is 0 Å². The fraction of sp³-hybridized carbons (Fsp3) is 0.440. The van der Waals surface area contributed by atoms with Gasteiger partial charge in [-0.15, -0.1) is 0 Å². The molecular formula is C25H31N3O2. The third-order valence-electron chi connectivity index (χ3n) is 6.44. The summed E-state index contributed by atoms with van der Waals surface area (Å²) in [6.45, 7) is 6.14. The first-order valence-electron chi connectivity index (χ1n) is 11.0. The molecule has 0 spiro atoms. The van der Waals surface area contributed by atoms with Crippen molar-refractivity contribution in [2.45, 2.75) is 25.8 Å². The van der Waals surface area contributed by atoms with Gasteiger partial charge in [0.05, 0.1) is 12.0 Å². The number of nitrogens with zero attached hydrogens (tertiary/aromatic N) is 3. The Morgan fingerprint density at radius 1 is 0.800 bits per heavy atom. The van der Waals surface area contributed by atoms with Crippen molar-refractivity contribution >= 4 is 11.8 Å². The molecule has 0 saturated carbocycles. The van der Waals surface area contributed by atoms with Crippen molar-refractivity contribution < 1.29 is 9.59 Å². The highest BCUT2D eigenvalue weighted by Gasteiger charge is 2.33. The standard InChI is InChI=1S/C25H31N3O2/c1-20(29)28-14-8-13-23(19-28)25(30)27-17-15-26(16-18-27)24(21-9-4-2-5-10-21)22-11-6-3-7-12-22/h2-7,9-12,23-24H,8,13-19H2,1H3/t23-/m0/s1. The minimum atomic E-state index is -0.0479. The Balaban J connectivity index is 1.43. The van der Waals surface area contributed by atoms with Gasteiger partial charge in [-0.3, -0.25) is 14.5 Å². The van der Waals surface area contributed by atoms with E-state index in [1.165, 1.54) is 11.1 Å². The van der Waals surface area contributed by atoms with Crippen LogP contribution >= 0.6 is 0 Å². The van der Waals surface area contributed by atoms with Gasteiger partial charge < -0.3 is 9.80 Å². The molecule has 2 aliphatic rings. The lowest BCUT2D eigenvalue weighted by Crippen LogP contribution is -2.53. The molecule has 2 aromatic carbocycles. The van der Waals surface area contributed by atoms with Crippen LogP contribution < -0.4 is 0 Å². The number of carbonyl (C=O) groups excluding carboxylic acids is 2. The molecule has 5 nitrogen and oxygen atoms in total. The molecule has 0 N–H and O–H groups in total. The zero-order valence-corrected chi connectivity index (χ0v) is 17.7. The van der Waals surface area contributed by atoms with Gasteiger partial charge in [0.25, 0.3) is 0 Å². The summed E-state index contributed by atoms with van der Waals surface area (Å²) < 4.78 is 0. The number of benzene rings is 2. The number of rotatable bonds is 4. The van der Waals surface area contributed by atoms with Crippen LogP contribution in [0.5, 0.6) is 0 Å². The average Bonchev–Trinajstić information content (AvgIpc) is 2.81. The van der Waals surface area contributed by atoms with Gasteiger partial charge in [0.2, 0.25) is 11.8 Å². The van der Waals surface area contributed by atoms with Crippen molar-refractivity contribution in [2.75, 3.05) is 39.3 Å². The van der Waals surface area contributed by atoms with E-state index in [4.69, 9.17) is 0 Å². The molecule has 158 valence electrons. The van der Waals surface area contributed by atoms with Crippen LogP contribution in [0.1, 0.15) is 36.9 Å². The lowest BCUT2D eigenvalue weighted by atomic mass is 9.95. The molecule has 4 rings (SSSR count). The van der Waals surface area contributed by atoms with Crippen LogP contribution in [-0.4, -0.2) is 65.8 Å². The van der Waals surface area contributed by atoms with Crippen molar-refractivity contribution in [3.63, 3.8) is 0 Å². The van der Waals surface area contributed by atoms with Crippen LogP contribution in [0.4, 0.5) is 0 Å². The van der Waals surface area contributed by atoms with Gasteiger partial charge >= 0.3 is 0 Å². The third kappa shape index (κ3) is 4.57. The highest BCUT2D eigenvalue weighted by molar-refractivity contribution is 5.81. The predicted molar refractivity (Wildman–Crippen MR) is 118 cm³/mol. The number of hydrogen-bond acceptors (Lipinski definition) is 3. The fourth-order valence-electron chi connectivity index (χ4n) is 4.81. The summed E-state index contributed by atoms with van der Waals surface area (Å²) >= 11 is 0. The number of amides is 2. The van der Waals surface area contributed by atoms with Gasteiger partial charge in [-0.1, -0.05) is 60.7 Å². The summed E-state index contributed by atoms with van der Waals surface area (Å²) in [4.78, 5) is 31.1. The molecule has 0 bridgehead atoms. The number of piperidine rings is 1. The van der Waals surface area contributed by atoms with Gasteiger partial charge in [0, 0.05) is 46.2 Å². The molecule has 30 heavy (non-hydrogen) atoms. The number of hydrogen-bond donors (Lipinski definition) is 0. The van der Waals surface area contributed by atoms with Crippen molar-refractivity contribution in [2.24, 2.45) is 5.92 Å². The van der Waals surface area contributed by atoms with Crippen molar-refractivity contribution in [3.8, 4) is 0 Å². The second kappa shape index (κ2) is 9.43. The van der Waals surface area contributed by atoms with E-state index in [0.717, 1.165) is 45.6 Å². The van der Waals surface area contributed by atoms with E-state index < -0.39 is 0 Å². The molecule has 2 amide bonds. The van der Waals surface area contributed by atoms with Gasteiger partial charge in [-0.25, -0.2) is 0 Å². The minimum Gasteiger partial charge on any atom is -0.342 e. The highest BCUT2D eigenvalue weighted by atomic mass is 16.2. The summed E-state index contributed by atoms with van der Waals surface area (Å²) in [6, 6.07) is 21.4. The molecule has 2 heterocycles. The maximum atomic E-state index is 13.1. The van der Waals surface area contributed by atoms with Gasteiger partial charge in [0.15, 0.2) is 0 Å². The Hall–Kier alpha value is -2.66. The maximum absolute atomic E-state index is 13.1. The topological polar surface area (TPSA) is 43.9 Å². The molecular weight excluding hydrogens is 374 g/mol. The molecule has 0 unspecified atom stereocenters. The van der Waals surface area contributed by atoms with E-state index in [1.54, 1.807) is 6.92 Å². The molecule has 1 atom stereocenters. The molecule has 0 aromatic heterocycles. The first-order valence-corrected chi connectivity index (χ1v) is 11.0. The lowest BCUT2D eigenvalue weighted by Gasteiger charge is -2.41. The van der Waals surface area contributed by atoms with Crippen molar-refractivity contribution in [1.82, 2.24) is 14.7 Å². The monoisotopic (exact) mass is 405 g/mol. The summed E-state index contributed by atoms with van der Waals surface area (Å²) in [5, 5.41) is 0. The van der Waals surface area contributed by atoms with Crippen molar-refractivity contribution in [3.05, 3.63) is 71.8 Å². The first-order chi connectivity index (χ1) is 14.6.